The molecule has 0 radical (unpaired) electrons. The van der Waals surface area contributed by atoms with Crippen LogP contribution in [0, 0.1) is 17.2 Å². The molecule has 2 amide bonds. The van der Waals surface area contributed by atoms with Gasteiger partial charge >= 0.3 is 0 Å². The molecule has 2 aromatic carbocycles. The standard InChI is InChI=1S/C33H37N7O3/c1-38-17-12-35-31(38)22-40-13-8-25(9-14-40)32(41)37-28-6-7-29-26(18-28)19-30(43-29)33(42)36-27-10-15-39(16-11-27)21-24-4-2-23(20-34)3-5-24/h2-7,12,17-19,25,27H,8-11,13-16,21-22H2,1H3,(H,36,42)(H,37,41). The second kappa shape index (κ2) is 12.8. The molecule has 0 saturated carbocycles. The van der Waals surface area contributed by atoms with E-state index in [1.165, 1.54) is 5.56 Å². The number of imidazole rings is 1. The highest BCUT2D eigenvalue weighted by Crippen LogP contribution is 2.26. The van der Waals surface area contributed by atoms with Crippen molar-refractivity contribution in [2.45, 2.75) is 44.8 Å². The zero-order chi connectivity index (χ0) is 29.8. The molecule has 2 aliphatic rings. The summed E-state index contributed by atoms with van der Waals surface area (Å²) in [6.07, 6.45) is 7.11. The van der Waals surface area contributed by atoms with Crippen LogP contribution in [0.5, 0.6) is 0 Å². The van der Waals surface area contributed by atoms with E-state index in [2.05, 4.69) is 31.5 Å². The number of amides is 2. The Balaban J connectivity index is 0.973. The number of nitrogens with one attached hydrogen (secondary N) is 2. The Labute approximate surface area is 251 Å². The van der Waals surface area contributed by atoms with Crippen LogP contribution in [0.2, 0.25) is 0 Å². The minimum atomic E-state index is -0.218. The Bertz CT molecular complexity index is 1620. The third-order valence-corrected chi connectivity index (χ3v) is 8.66. The van der Waals surface area contributed by atoms with Crippen molar-refractivity contribution in [3.63, 3.8) is 0 Å². The first kappa shape index (κ1) is 28.6. The van der Waals surface area contributed by atoms with Gasteiger partial charge in [0.2, 0.25) is 5.91 Å². The smallest absolute Gasteiger partial charge is 0.287 e. The van der Waals surface area contributed by atoms with Crippen LogP contribution >= 0.6 is 0 Å². The second-order valence-corrected chi connectivity index (χ2v) is 11.7. The summed E-state index contributed by atoms with van der Waals surface area (Å²) < 4.78 is 7.89. The molecule has 2 saturated heterocycles. The Morgan fingerprint density at radius 3 is 2.40 bits per heavy atom. The quantitative estimate of drug-likeness (QED) is 0.320. The van der Waals surface area contributed by atoms with Gasteiger partial charge < -0.3 is 19.6 Å². The van der Waals surface area contributed by atoms with Crippen molar-refractivity contribution < 1.29 is 14.0 Å². The third kappa shape index (κ3) is 6.96. The molecule has 4 heterocycles. The number of furan rings is 1. The largest absolute Gasteiger partial charge is 0.451 e. The number of hydrogen-bond donors (Lipinski definition) is 2. The number of fused-ring (bicyclic) bond motifs is 1. The number of carbonyl (C=O) groups is 2. The van der Waals surface area contributed by atoms with Gasteiger partial charge in [-0.05, 0) is 80.7 Å². The highest BCUT2D eigenvalue weighted by atomic mass is 16.3. The third-order valence-electron chi connectivity index (χ3n) is 8.66. The van der Waals surface area contributed by atoms with Crippen LogP contribution < -0.4 is 10.6 Å². The minimum absolute atomic E-state index is 0.0305. The van der Waals surface area contributed by atoms with Gasteiger partial charge in [-0.15, -0.1) is 0 Å². The van der Waals surface area contributed by atoms with E-state index in [0.717, 1.165) is 76.2 Å². The molecular weight excluding hydrogens is 542 g/mol. The van der Waals surface area contributed by atoms with E-state index in [-0.39, 0.29) is 29.5 Å². The number of nitriles is 1. The summed E-state index contributed by atoms with van der Waals surface area (Å²) in [4.78, 5) is 35.1. The maximum atomic E-state index is 13.0. The molecule has 6 rings (SSSR count). The summed E-state index contributed by atoms with van der Waals surface area (Å²) in [7, 11) is 2.00. The van der Waals surface area contributed by atoms with Gasteiger partial charge in [-0.1, -0.05) is 12.1 Å². The Morgan fingerprint density at radius 2 is 1.70 bits per heavy atom. The predicted octanol–water partition coefficient (Wildman–Crippen LogP) is 4.28. The van der Waals surface area contributed by atoms with Crippen LogP contribution in [0.3, 0.4) is 0 Å². The van der Waals surface area contributed by atoms with E-state index < -0.39 is 0 Å². The van der Waals surface area contributed by atoms with Crippen molar-refractivity contribution in [3.05, 3.63) is 83.6 Å². The van der Waals surface area contributed by atoms with Crippen LogP contribution in [-0.4, -0.2) is 63.4 Å². The zero-order valence-corrected chi connectivity index (χ0v) is 24.5. The number of benzene rings is 2. The number of aromatic nitrogens is 2. The Morgan fingerprint density at radius 1 is 0.977 bits per heavy atom. The maximum Gasteiger partial charge on any atom is 0.287 e. The summed E-state index contributed by atoms with van der Waals surface area (Å²) in [5.74, 6) is 1.09. The van der Waals surface area contributed by atoms with Gasteiger partial charge in [-0.2, -0.15) is 5.26 Å². The topological polar surface area (TPSA) is 119 Å². The Hall–Kier alpha value is -4.46. The highest BCUT2D eigenvalue weighted by Gasteiger charge is 2.26. The lowest BCUT2D eigenvalue weighted by molar-refractivity contribution is -0.121. The lowest BCUT2D eigenvalue weighted by atomic mass is 9.95. The molecule has 0 unspecified atom stereocenters. The molecule has 222 valence electrons. The zero-order valence-electron chi connectivity index (χ0n) is 24.5. The van der Waals surface area contributed by atoms with Gasteiger partial charge in [0, 0.05) is 62.1 Å². The van der Waals surface area contributed by atoms with Crippen LogP contribution in [0.15, 0.2) is 65.3 Å². The van der Waals surface area contributed by atoms with Gasteiger partial charge in [-0.25, -0.2) is 4.98 Å². The molecule has 2 fully saturated rings. The molecule has 0 bridgehead atoms. The molecule has 4 aromatic rings. The minimum Gasteiger partial charge on any atom is -0.451 e. The van der Waals surface area contributed by atoms with E-state index in [1.54, 1.807) is 12.1 Å². The van der Waals surface area contributed by atoms with Crippen molar-refractivity contribution in [1.29, 1.82) is 5.26 Å². The summed E-state index contributed by atoms with van der Waals surface area (Å²) in [5.41, 5.74) is 3.17. The number of likely N-dealkylation sites (tertiary alicyclic amines) is 2. The fourth-order valence-corrected chi connectivity index (χ4v) is 6.01. The van der Waals surface area contributed by atoms with Crippen molar-refractivity contribution >= 4 is 28.5 Å². The Kier molecular flexibility index (Phi) is 8.54. The monoisotopic (exact) mass is 579 g/mol. The molecule has 43 heavy (non-hydrogen) atoms. The van der Waals surface area contributed by atoms with E-state index in [1.807, 2.05) is 60.4 Å². The van der Waals surface area contributed by atoms with Crippen LogP contribution in [0.4, 0.5) is 5.69 Å². The summed E-state index contributed by atoms with van der Waals surface area (Å²) in [5, 5.41) is 16.0. The number of piperidine rings is 2. The van der Waals surface area contributed by atoms with Crippen molar-refractivity contribution in [2.75, 3.05) is 31.5 Å². The lowest BCUT2D eigenvalue weighted by Crippen LogP contribution is -2.44. The van der Waals surface area contributed by atoms with Gasteiger partial charge in [0.15, 0.2) is 5.76 Å². The first-order valence-corrected chi connectivity index (χ1v) is 15.0. The van der Waals surface area contributed by atoms with Crippen molar-refractivity contribution in [3.8, 4) is 6.07 Å². The van der Waals surface area contributed by atoms with Crippen LogP contribution in [-0.2, 0) is 24.9 Å². The van der Waals surface area contributed by atoms with Gasteiger partial charge in [0.1, 0.15) is 11.4 Å². The summed E-state index contributed by atoms with van der Waals surface area (Å²) in [6, 6.07) is 17.2. The average molecular weight is 580 g/mol. The maximum absolute atomic E-state index is 13.0. The number of hydrogen-bond acceptors (Lipinski definition) is 7. The SMILES string of the molecule is Cn1ccnc1CN1CCC(C(=O)Nc2ccc3oc(C(=O)NC4CCN(Cc5ccc(C#N)cc5)CC4)cc3c2)CC1. The average Bonchev–Trinajstić information content (AvgIpc) is 3.64. The molecule has 10 heteroatoms. The molecule has 0 spiro atoms. The molecule has 0 atom stereocenters. The second-order valence-electron chi connectivity index (χ2n) is 11.7. The molecule has 2 N–H and O–H groups in total. The van der Waals surface area contributed by atoms with Gasteiger partial charge in [0.25, 0.3) is 5.91 Å². The van der Waals surface area contributed by atoms with E-state index in [9.17, 15) is 9.59 Å². The van der Waals surface area contributed by atoms with Crippen molar-refractivity contribution in [1.82, 2.24) is 24.7 Å². The van der Waals surface area contributed by atoms with Gasteiger partial charge in [-0.3, -0.25) is 19.4 Å². The molecule has 0 aliphatic carbocycles. The molecule has 10 nitrogen and oxygen atoms in total. The van der Waals surface area contributed by atoms with E-state index >= 15 is 0 Å². The first-order valence-electron chi connectivity index (χ1n) is 15.0. The fraction of sp³-hybridized carbons (Fsp3) is 0.394. The first-order chi connectivity index (χ1) is 20.9. The van der Waals surface area contributed by atoms with Crippen LogP contribution in [0.1, 0.15) is 53.2 Å². The molecule has 2 aromatic heterocycles. The number of rotatable bonds is 8. The van der Waals surface area contributed by atoms with Gasteiger partial charge in [0.05, 0.1) is 18.2 Å². The predicted molar refractivity (Wildman–Crippen MR) is 163 cm³/mol. The normalized spacial score (nSPS) is 17.1. The van der Waals surface area contributed by atoms with Crippen molar-refractivity contribution in [2.24, 2.45) is 13.0 Å². The fourth-order valence-electron chi connectivity index (χ4n) is 6.01. The lowest BCUT2D eigenvalue weighted by Gasteiger charge is -2.32. The van der Waals surface area contributed by atoms with Crippen LogP contribution in [0.25, 0.3) is 11.0 Å². The molecular formula is C33H37N7O3. The number of anilines is 1. The molecule has 2 aliphatic heterocycles. The highest BCUT2D eigenvalue weighted by molar-refractivity contribution is 5.98. The number of aryl methyl sites for hydroxylation is 1. The summed E-state index contributed by atoms with van der Waals surface area (Å²) in [6.45, 7) is 5.12. The van der Waals surface area contributed by atoms with E-state index in [4.69, 9.17) is 9.68 Å². The number of carbonyl (C=O) groups excluding carboxylic acids is 2. The van der Waals surface area contributed by atoms with E-state index in [0.29, 0.717) is 16.8 Å². The number of nitrogens with zero attached hydrogens (tertiary/aromatic N) is 5. The summed E-state index contributed by atoms with van der Waals surface area (Å²) >= 11 is 0.